The molecule has 1 aromatic carbocycles. The smallest absolute Gasteiger partial charge is 0.410 e. The maximum absolute atomic E-state index is 11.8. The third-order valence-electron chi connectivity index (χ3n) is 2.75. The second-order valence-corrected chi connectivity index (χ2v) is 4.85. The summed E-state index contributed by atoms with van der Waals surface area (Å²) in [5.74, 6) is 0.361. The molecule has 1 aliphatic heterocycles. The highest BCUT2D eigenvalue weighted by molar-refractivity contribution is 5.69. The number of nitrogens with two attached hydrogens (primary N) is 1. The van der Waals surface area contributed by atoms with Crippen LogP contribution in [0.3, 0.4) is 0 Å². The summed E-state index contributed by atoms with van der Waals surface area (Å²) in [7, 11) is 0. The number of anilines is 1. The first-order chi connectivity index (χ1) is 8.06. The number of carbonyl (C=O) groups excluding carboxylic acids is 1. The van der Waals surface area contributed by atoms with Crippen molar-refractivity contribution in [3.05, 3.63) is 29.3 Å². The van der Waals surface area contributed by atoms with Gasteiger partial charge in [0, 0.05) is 18.8 Å². The molecule has 92 valence electrons. The van der Waals surface area contributed by atoms with Crippen molar-refractivity contribution >= 4 is 11.8 Å². The van der Waals surface area contributed by atoms with E-state index in [1.165, 1.54) is 0 Å². The van der Waals surface area contributed by atoms with Crippen LogP contribution < -0.4 is 5.73 Å². The number of nitrogens with zero attached hydrogens (tertiary/aromatic N) is 1. The summed E-state index contributed by atoms with van der Waals surface area (Å²) in [6, 6.07) is 5.76. The Hall–Kier alpha value is -1.71. The quantitative estimate of drug-likeness (QED) is 0.799. The second-order valence-electron chi connectivity index (χ2n) is 4.85. The minimum Gasteiger partial charge on any atom is -0.449 e. The Kier molecular flexibility index (Phi) is 3.22. The number of ether oxygens (including phenoxy) is 1. The van der Waals surface area contributed by atoms with Gasteiger partial charge in [0.15, 0.2) is 0 Å². The normalized spacial score (nSPS) is 13.9. The van der Waals surface area contributed by atoms with Crippen LogP contribution in [0, 0.1) is 5.92 Å². The number of carbonyl (C=O) groups is 1. The third-order valence-corrected chi connectivity index (χ3v) is 2.75. The number of nitrogen functional groups attached to an aromatic ring is 1. The lowest BCUT2D eigenvalue weighted by molar-refractivity contribution is 0.0913. The van der Waals surface area contributed by atoms with Gasteiger partial charge in [-0.05, 0) is 29.2 Å². The van der Waals surface area contributed by atoms with Gasteiger partial charge in [-0.3, -0.25) is 4.90 Å². The average molecular weight is 234 g/mol. The fourth-order valence-electron chi connectivity index (χ4n) is 1.87. The number of hydrogen-bond acceptors (Lipinski definition) is 3. The van der Waals surface area contributed by atoms with Gasteiger partial charge >= 0.3 is 6.09 Å². The lowest BCUT2D eigenvalue weighted by Gasteiger charge is -2.16. The monoisotopic (exact) mass is 234 g/mol. The van der Waals surface area contributed by atoms with Gasteiger partial charge in [-0.25, -0.2) is 4.79 Å². The summed E-state index contributed by atoms with van der Waals surface area (Å²) < 4.78 is 5.20. The second kappa shape index (κ2) is 4.65. The van der Waals surface area contributed by atoms with Crippen LogP contribution in [0.25, 0.3) is 0 Å². The zero-order valence-corrected chi connectivity index (χ0v) is 10.3. The molecule has 0 fully saturated rings. The predicted octanol–water partition coefficient (Wildman–Crippen LogP) is 2.38. The summed E-state index contributed by atoms with van der Waals surface area (Å²) in [6.45, 7) is 5.72. The van der Waals surface area contributed by atoms with Crippen molar-refractivity contribution in [3.8, 4) is 0 Å². The molecule has 1 aliphatic rings. The van der Waals surface area contributed by atoms with E-state index < -0.39 is 0 Å². The summed E-state index contributed by atoms with van der Waals surface area (Å²) in [5, 5.41) is 0. The van der Waals surface area contributed by atoms with E-state index in [9.17, 15) is 4.79 Å². The molecule has 0 unspecified atom stereocenters. The van der Waals surface area contributed by atoms with E-state index in [0.717, 1.165) is 16.8 Å². The van der Waals surface area contributed by atoms with Crippen molar-refractivity contribution in [2.24, 2.45) is 5.92 Å². The molecule has 0 saturated heterocycles. The third kappa shape index (κ3) is 2.70. The van der Waals surface area contributed by atoms with Gasteiger partial charge in [0.2, 0.25) is 0 Å². The largest absolute Gasteiger partial charge is 0.449 e. The van der Waals surface area contributed by atoms with Crippen molar-refractivity contribution in [2.75, 3.05) is 12.3 Å². The van der Waals surface area contributed by atoms with Crippen LogP contribution in [-0.4, -0.2) is 17.6 Å². The van der Waals surface area contributed by atoms with Crippen LogP contribution in [-0.2, 0) is 17.8 Å². The maximum Gasteiger partial charge on any atom is 0.410 e. The van der Waals surface area contributed by atoms with Crippen molar-refractivity contribution in [2.45, 2.75) is 26.9 Å². The molecule has 0 spiro atoms. The molecular formula is C13H18N2O2. The van der Waals surface area contributed by atoms with E-state index in [2.05, 4.69) is 0 Å². The molecule has 4 nitrogen and oxygen atoms in total. The lowest BCUT2D eigenvalue weighted by Crippen LogP contribution is -2.27. The van der Waals surface area contributed by atoms with E-state index in [4.69, 9.17) is 10.5 Å². The molecule has 2 rings (SSSR count). The van der Waals surface area contributed by atoms with E-state index >= 15 is 0 Å². The number of hydrogen-bond donors (Lipinski definition) is 1. The standard InChI is InChI=1S/C13H18N2O2/c1-9(2)8-17-13(16)15-6-10-3-4-12(14)5-11(10)7-15/h3-5,9H,6-8,14H2,1-2H3. The Morgan fingerprint density at radius 3 is 2.82 bits per heavy atom. The van der Waals surface area contributed by atoms with E-state index in [0.29, 0.717) is 25.6 Å². The van der Waals surface area contributed by atoms with E-state index in [1.54, 1.807) is 4.90 Å². The maximum atomic E-state index is 11.8. The average Bonchev–Trinajstić information content (AvgIpc) is 2.68. The zero-order chi connectivity index (χ0) is 12.4. The highest BCUT2D eigenvalue weighted by Crippen LogP contribution is 2.25. The first kappa shape index (κ1) is 11.8. The van der Waals surface area contributed by atoms with E-state index in [-0.39, 0.29) is 6.09 Å². The summed E-state index contributed by atoms with van der Waals surface area (Å²) in [5.41, 5.74) is 8.72. The van der Waals surface area contributed by atoms with Gasteiger partial charge in [-0.1, -0.05) is 19.9 Å². The minimum absolute atomic E-state index is 0.242. The Bertz CT molecular complexity index is 429. The lowest BCUT2D eigenvalue weighted by atomic mass is 10.1. The van der Waals surface area contributed by atoms with Crippen LogP contribution in [0.2, 0.25) is 0 Å². The Labute approximate surface area is 101 Å². The van der Waals surface area contributed by atoms with Crippen molar-refractivity contribution in [1.82, 2.24) is 4.90 Å². The molecule has 4 heteroatoms. The van der Waals surface area contributed by atoms with Crippen LogP contribution in [0.5, 0.6) is 0 Å². The highest BCUT2D eigenvalue weighted by atomic mass is 16.6. The topological polar surface area (TPSA) is 55.6 Å². The van der Waals surface area contributed by atoms with Gasteiger partial charge in [0.05, 0.1) is 6.61 Å². The fourth-order valence-corrected chi connectivity index (χ4v) is 1.87. The molecule has 2 N–H and O–H groups in total. The Morgan fingerprint density at radius 2 is 2.12 bits per heavy atom. The fraction of sp³-hybridized carbons (Fsp3) is 0.462. The van der Waals surface area contributed by atoms with Gasteiger partial charge < -0.3 is 10.5 Å². The molecular weight excluding hydrogens is 216 g/mol. The Morgan fingerprint density at radius 1 is 1.41 bits per heavy atom. The number of benzene rings is 1. The van der Waals surface area contributed by atoms with Crippen molar-refractivity contribution in [3.63, 3.8) is 0 Å². The molecule has 17 heavy (non-hydrogen) atoms. The van der Waals surface area contributed by atoms with Crippen LogP contribution >= 0.6 is 0 Å². The molecule has 1 aromatic rings. The van der Waals surface area contributed by atoms with E-state index in [1.807, 2.05) is 32.0 Å². The molecule has 0 atom stereocenters. The van der Waals surface area contributed by atoms with Crippen LogP contribution in [0.4, 0.5) is 10.5 Å². The molecule has 0 aliphatic carbocycles. The van der Waals surface area contributed by atoms with Gasteiger partial charge in [-0.15, -0.1) is 0 Å². The SMILES string of the molecule is CC(C)COC(=O)N1Cc2ccc(N)cc2C1. The van der Waals surface area contributed by atoms with Crippen LogP contribution in [0.1, 0.15) is 25.0 Å². The molecule has 0 radical (unpaired) electrons. The first-order valence-electron chi connectivity index (χ1n) is 5.85. The summed E-state index contributed by atoms with van der Waals surface area (Å²) in [6.07, 6.45) is -0.242. The van der Waals surface area contributed by atoms with Crippen molar-refractivity contribution < 1.29 is 9.53 Å². The number of amides is 1. The van der Waals surface area contributed by atoms with Gasteiger partial charge in [0.1, 0.15) is 0 Å². The molecule has 1 amide bonds. The molecule has 1 heterocycles. The van der Waals surface area contributed by atoms with Gasteiger partial charge in [-0.2, -0.15) is 0 Å². The number of fused-ring (bicyclic) bond motifs is 1. The predicted molar refractivity (Wildman–Crippen MR) is 66.3 cm³/mol. The summed E-state index contributed by atoms with van der Waals surface area (Å²) in [4.78, 5) is 13.5. The zero-order valence-electron chi connectivity index (χ0n) is 10.3. The van der Waals surface area contributed by atoms with Crippen molar-refractivity contribution in [1.29, 1.82) is 0 Å². The molecule has 0 aromatic heterocycles. The van der Waals surface area contributed by atoms with Crippen LogP contribution in [0.15, 0.2) is 18.2 Å². The molecule has 0 bridgehead atoms. The Balaban J connectivity index is 1.97. The summed E-state index contributed by atoms with van der Waals surface area (Å²) >= 11 is 0. The highest BCUT2D eigenvalue weighted by Gasteiger charge is 2.24. The molecule has 0 saturated carbocycles. The minimum atomic E-state index is -0.242. The number of rotatable bonds is 2. The first-order valence-corrected chi connectivity index (χ1v) is 5.85. The van der Waals surface area contributed by atoms with Gasteiger partial charge in [0.25, 0.3) is 0 Å².